The van der Waals surface area contributed by atoms with Crippen LogP contribution in [0.1, 0.15) is 182 Å². The Kier molecular flexibility index (Phi) is 34.9. The standard InChI is InChI=1S/C24H51N.C8H16O2/c1-4-7-10-13-16-19-22-25(23-20-17-14-11-8-5-2)24-21-18-15-12-9-6-3;1-2-3-4-5-6-7-8(9)10/h4-24H2,1-3H3;2-7H2,1H3,(H,9,10). The molecule has 0 aromatic heterocycles. The summed E-state index contributed by atoms with van der Waals surface area (Å²) in [6.07, 6.45) is 31.6. The summed E-state index contributed by atoms with van der Waals surface area (Å²) in [6.45, 7) is 13.1. The molecule has 0 aromatic carbocycles. The Labute approximate surface area is 222 Å². The lowest BCUT2D eigenvalue weighted by Crippen LogP contribution is -2.27. The number of aliphatic carboxylic acids is 1. The number of hydrogen-bond acceptors (Lipinski definition) is 2. The largest absolute Gasteiger partial charge is 0.481 e. The lowest BCUT2D eigenvalue weighted by atomic mass is 10.1. The van der Waals surface area contributed by atoms with Gasteiger partial charge in [0.25, 0.3) is 0 Å². The molecule has 0 saturated carbocycles. The molecule has 0 heterocycles. The number of rotatable bonds is 27. The first-order valence-corrected chi connectivity index (χ1v) is 16.1. The normalized spacial score (nSPS) is 11.0. The molecule has 0 radical (unpaired) electrons. The molecule has 35 heavy (non-hydrogen) atoms. The van der Waals surface area contributed by atoms with E-state index in [0.29, 0.717) is 6.42 Å². The molecule has 3 heteroatoms. The van der Waals surface area contributed by atoms with Gasteiger partial charge in [-0.15, -0.1) is 0 Å². The summed E-state index contributed by atoms with van der Waals surface area (Å²) in [5, 5.41) is 8.27. The summed E-state index contributed by atoms with van der Waals surface area (Å²) < 4.78 is 0. The molecular formula is C32H67NO2. The van der Waals surface area contributed by atoms with E-state index >= 15 is 0 Å². The van der Waals surface area contributed by atoms with Crippen LogP contribution in [0, 0.1) is 0 Å². The van der Waals surface area contributed by atoms with Gasteiger partial charge in [0.2, 0.25) is 0 Å². The molecule has 0 rings (SSSR count). The summed E-state index contributed by atoms with van der Waals surface area (Å²) >= 11 is 0. The SMILES string of the molecule is CCCCCCCC(=O)O.CCCCCCCCN(CCCCCCCC)CCCCCCCC. The highest BCUT2D eigenvalue weighted by Gasteiger charge is 2.05. The first kappa shape index (κ1) is 36.6. The molecule has 0 aliphatic rings. The minimum Gasteiger partial charge on any atom is -0.481 e. The summed E-state index contributed by atoms with van der Waals surface area (Å²) in [6, 6.07) is 0. The molecule has 3 nitrogen and oxygen atoms in total. The van der Waals surface area contributed by atoms with Crippen molar-refractivity contribution in [3.05, 3.63) is 0 Å². The van der Waals surface area contributed by atoms with Gasteiger partial charge in [-0.3, -0.25) is 4.79 Å². The van der Waals surface area contributed by atoms with E-state index in [9.17, 15) is 4.79 Å². The first-order valence-electron chi connectivity index (χ1n) is 16.1. The zero-order valence-electron chi connectivity index (χ0n) is 24.9. The third-order valence-corrected chi connectivity index (χ3v) is 6.98. The third kappa shape index (κ3) is 35.7. The summed E-state index contributed by atoms with van der Waals surface area (Å²) in [4.78, 5) is 12.8. The van der Waals surface area contributed by atoms with Gasteiger partial charge in [0.05, 0.1) is 0 Å². The minimum atomic E-state index is -0.670. The number of carboxylic acids is 1. The number of carbonyl (C=O) groups is 1. The summed E-state index contributed by atoms with van der Waals surface area (Å²) in [5.41, 5.74) is 0. The van der Waals surface area contributed by atoms with E-state index in [-0.39, 0.29) is 0 Å². The van der Waals surface area contributed by atoms with Gasteiger partial charge in [-0.1, -0.05) is 150 Å². The zero-order valence-corrected chi connectivity index (χ0v) is 24.9. The second-order valence-corrected chi connectivity index (χ2v) is 10.7. The van der Waals surface area contributed by atoms with Gasteiger partial charge in [0.1, 0.15) is 0 Å². The van der Waals surface area contributed by atoms with Crippen LogP contribution in [0.3, 0.4) is 0 Å². The molecule has 1 N–H and O–H groups in total. The van der Waals surface area contributed by atoms with Crippen molar-refractivity contribution in [1.29, 1.82) is 0 Å². The van der Waals surface area contributed by atoms with E-state index in [1.807, 2.05) is 0 Å². The van der Waals surface area contributed by atoms with Crippen molar-refractivity contribution in [3.8, 4) is 0 Å². The Hall–Kier alpha value is -0.570. The van der Waals surface area contributed by atoms with Crippen LogP contribution in [0.25, 0.3) is 0 Å². The van der Waals surface area contributed by atoms with Crippen LogP contribution in [0.4, 0.5) is 0 Å². The van der Waals surface area contributed by atoms with Crippen molar-refractivity contribution in [3.63, 3.8) is 0 Å². The van der Waals surface area contributed by atoms with Crippen molar-refractivity contribution in [1.82, 2.24) is 4.90 Å². The fraction of sp³-hybridized carbons (Fsp3) is 0.969. The van der Waals surface area contributed by atoms with Gasteiger partial charge in [0, 0.05) is 6.42 Å². The molecule has 0 spiro atoms. The topological polar surface area (TPSA) is 40.5 Å². The zero-order chi connectivity index (χ0) is 26.2. The van der Waals surface area contributed by atoms with Gasteiger partial charge < -0.3 is 10.0 Å². The predicted octanol–water partition coefficient (Wildman–Crippen LogP) is 10.8. The van der Waals surface area contributed by atoms with Crippen LogP contribution < -0.4 is 0 Å². The molecule has 0 bridgehead atoms. The predicted molar refractivity (Wildman–Crippen MR) is 158 cm³/mol. The van der Waals surface area contributed by atoms with Crippen molar-refractivity contribution in [2.24, 2.45) is 0 Å². The number of carboxylic acid groups (broad SMARTS) is 1. The van der Waals surface area contributed by atoms with Crippen LogP contribution >= 0.6 is 0 Å². The van der Waals surface area contributed by atoms with E-state index in [1.54, 1.807) is 0 Å². The van der Waals surface area contributed by atoms with Gasteiger partial charge in [-0.05, 0) is 45.3 Å². The van der Waals surface area contributed by atoms with E-state index < -0.39 is 5.97 Å². The van der Waals surface area contributed by atoms with Crippen molar-refractivity contribution in [2.75, 3.05) is 19.6 Å². The van der Waals surface area contributed by atoms with Gasteiger partial charge in [0.15, 0.2) is 0 Å². The van der Waals surface area contributed by atoms with Crippen LogP contribution in [-0.4, -0.2) is 35.6 Å². The molecule has 0 atom stereocenters. The highest BCUT2D eigenvalue weighted by Crippen LogP contribution is 2.11. The maximum Gasteiger partial charge on any atom is 0.303 e. The van der Waals surface area contributed by atoms with E-state index in [1.165, 1.54) is 154 Å². The van der Waals surface area contributed by atoms with Crippen molar-refractivity contribution < 1.29 is 9.90 Å². The Morgan fingerprint density at radius 1 is 0.429 bits per heavy atom. The van der Waals surface area contributed by atoms with E-state index in [2.05, 4.69) is 32.6 Å². The van der Waals surface area contributed by atoms with Crippen molar-refractivity contribution in [2.45, 2.75) is 182 Å². The smallest absolute Gasteiger partial charge is 0.303 e. The Bertz CT molecular complexity index is 348. The average molecular weight is 498 g/mol. The molecule has 0 aliphatic carbocycles. The second-order valence-electron chi connectivity index (χ2n) is 10.7. The van der Waals surface area contributed by atoms with Crippen LogP contribution in [0.15, 0.2) is 0 Å². The van der Waals surface area contributed by atoms with Crippen LogP contribution in [-0.2, 0) is 4.79 Å². The highest BCUT2D eigenvalue weighted by atomic mass is 16.4. The first-order chi connectivity index (χ1) is 17.1. The Balaban J connectivity index is 0. The molecule has 0 aromatic rings. The maximum atomic E-state index is 10.0. The summed E-state index contributed by atoms with van der Waals surface area (Å²) in [5.74, 6) is -0.670. The number of unbranched alkanes of at least 4 members (excludes halogenated alkanes) is 19. The Morgan fingerprint density at radius 2 is 0.686 bits per heavy atom. The molecule has 212 valence electrons. The third-order valence-electron chi connectivity index (χ3n) is 6.98. The quantitative estimate of drug-likeness (QED) is 0.115. The molecule has 0 fully saturated rings. The number of nitrogens with zero attached hydrogens (tertiary/aromatic N) is 1. The molecule has 0 amide bonds. The van der Waals surface area contributed by atoms with Crippen LogP contribution in [0.2, 0.25) is 0 Å². The second kappa shape index (κ2) is 33.4. The molecular weight excluding hydrogens is 430 g/mol. The van der Waals surface area contributed by atoms with Gasteiger partial charge in [-0.2, -0.15) is 0 Å². The fourth-order valence-corrected chi connectivity index (χ4v) is 4.56. The molecule has 0 saturated heterocycles. The average Bonchev–Trinajstić information content (AvgIpc) is 2.85. The number of hydrogen-bond donors (Lipinski definition) is 1. The van der Waals surface area contributed by atoms with E-state index in [4.69, 9.17) is 5.11 Å². The minimum absolute atomic E-state index is 0.337. The highest BCUT2D eigenvalue weighted by molar-refractivity contribution is 5.66. The Morgan fingerprint density at radius 3 is 0.971 bits per heavy atom. The lowest BCUT2D eigenvalue weighted by Gasteiger charge is -2.22. The lowest BCUT2D eigenvalue weighted by molar-refractivity contribution is -0.137. The fourth-order valence-electron chi connectivity index (χ4n) is 4.56. The van der Waals surface area contributed by atoms with Gasteiger partial charge >= 0.3 is 5.97 Å². The van der Waals surface area contributed by atoms with Gasteiger partial charge in [-0.25, -0.2) is 0 Å². The van der Waals surface area contributed by atoms with Crippen molar-refractivity contribution >= 4 is 5.97 Å². The molecule has 0 aliphatic heterocycles. The molecule has 0 unspecified atom stereocenters. The van der Waals surface area contributed by atoms with E-state index in [0.717, 1.165) is 12.8 Å². The monoisotopic (exact) mass is 498 g/mol. The summed E-state index contributed by atoms with van der Waals surface area (Å²) in [7, 11) is 0. The maximum absolute atomic E-state index is 10.0. The van der Waals surface area contributed by atoms with Crippen LogP contribution in [0.5, 0.6) is 0 Å².